The SMILES string of the molecule is CCc1ccc(-c2ccc(N)c(=O)n2CC(C)C)cc1. The minimum atomic E-state index is -0.101. The zero-order valence-electron chi connectivity index (χ0n) is 12.4. The number of benzene rings is 1. The van der Waals surface area contributed by atoms with Crippen LogP contribution < -0.4 is 11.3 Å². The highest BCUT2D eigenvalue weighted by Crippen LogP contribution is 2.20. The molecular weight excluding hydrogens is 248 g/mol. The molecule has 0 atom stereocenters. The Hall–Kier alpha value is -2.03. The Labute approximate surface area is 120 Å². The van der Waals surface area contributed by atoms with Gasteiger partial charge in [-0.1, -0.05) is 45.0 Å². The first-order valence-corrected chi connectivity index (χ1v) is 7.11. The van der Waals surface area contributed by atoms with Crippen molar-refractivity contribution >= 4 is 5.69 Å². The molecule has 106 valence electrons. The maximum absolute atomic E-state index is 12.3. The van der Waals surface area contributed by atoms with Crippen LogP contribution in [-0.4, -0.2) is 4.57 Å². The van der Waals surface area contributed by atoms with E-state index in [2.05, 4.69) is 45.0 Å². The van der Waals surface area contributed by atoms with Crippen LogP contribution in [0.25, 0.3) is 11.3 Å². The summed E-state index contributed by atoms with van der Waals surface area (Å²) in [5, 5.41) is 0. The Morgan fingerprint density at radius 1 is 1.10 bits per heavy atom. The molecule has 1 aromatic carbocycles. The van der Waals surface area contributed by atoms with Gasteiger partial charge in [0.25, 0.3) is 5.56 Å². The Morgan fingerprint density at radius 2 is 1.75 bits per heavy atom. The molecule has 0 unspecified atom stereocenters. The molecule has 0 bridgehead atoms. The summed E-state index contributed by atoms with van der Waals surface area (Å²) >= 11 is 0. The molecule has 3 heteroatoms. The summed E-state index contributed by atoms with van der Waals surface area (Å²) in [6.45, 7) is 7.00. The van der Waals surface area contributed by atoms with Crippen LogP contribution in [-0.2, 0) is 13.0 Å². The summed E-state index contributed by atoms with van der Waals surface area (Å²) in [5.41, 5.74) is 9.24. The fourth-order valence-corrected chi connectivity index (χ4v) is 2.30. The van der Waals surface area contributed by atoms with E-state index in [1.54, 1.807) is 10.6 Å². The first kappa shape index (κ1) is 14.4. The number of nitrogens with zero attached hydrogens (tertiary/aromatic N) is 1. The molecule has 2 rings (SSSR count). The van der Waals surface area contributed by atoms with Crippen molar-refractivity contribution in [3.05, 3.63) is 52.3 Å². The van der Waals surface area contributed by atoms with Crippen molar-refractivity contribution in [2.24, 2.45) is 5.92 Å². The first-order chi connectivity index (χ1) is 9.52. The van der Waals surface area contributed by atoms with E-state index in [0.717, 1.165) is 17.7 Å². The van der Waals surface area contributed by atoms with Crippen molar-refractivity contribution in [1.29, 1.82) is 0 Å². The number of pyridine rings is 1. The van der Waals surface area contributed by atoms with Crippen LogP contribution in [0.15, 0.2) is 41.2 Å². The summed E-state index contributed by atoms with van der Waals surface area (Å²) < 4.78 is 1.78. The van der Waals surface area contributed by atoms with E-state index in [-0.39, 0.29) is 5.56 Å². The number of anilines is 1. The summed E-state index contributed by atoms with van der Waals surface area (Å²) in [7, 11) is 0. The minimum Gasteiger partial charge on any atom is -0.394 e. The summed E-state index contributed by atoms with van der Waals surface area (Å²) in [6, 6.07) is 12.0. The minimum absolute atomic E-state index is 0.101. The Bertz CT molecular complexity index is 639. The Balaban J connectivity index is 2.54. The van der Waals surface area contributed by atoms with E-state index in [0.29, 0.717) is 18.2 Å². The lowest BCUT2D eigenvalue weighted by Crippen LogP contribution is -2.26. The van der Waals surface area contributed by atoms with Crippen LogP contribution in [0.2, 0.25) is 0 Å². The van der Waals surface area contributed by atoms with E-state index in [1.807, 2.05) is 6.07 Å². The van der Waals surface area contributed by atoms with E-state index in [4.69, 9.17) is 5.73 Å². The topological polar surface area (TPSA) is 48.0 Å². The molecule has 3 nitrogen and oxygen atoms in total. The maximum Gasteiger partial charge on any atom is 0.274 e. The molecule has 20 heavy (non-hydrogen) atoms. The fraction of sp³-hybridized carbons (Fsp3) is 0.353. The molecule has 0 saturated carbocycles. The molecule has 2 N–H and O–H groups in total. The van der Waals surface area contributed by atoms with Gasteiger partial charge in [-0.25, -0.2) is 0 Å². The highest BCUT2D eigenvalue weighted by atomic mass is 16.1. The van der Waals surface area contributed by atoms with Crippen molar-refractivity contribution in [2.75, 3.05) is 5.73 Å². The third kappa shape index (κ3) is 2.93. The van der Waals surface area contributed by atoms with Gasteiger partial charge in [0, 0.05) is 6.54 Å². The zero-order chi connectivity index (χ0) is 14.7. The van der Waals surface area contributed by atoms with Gasteiger partial charge in [0.2, 0.25) is 0 Å². The Kier molecular flexibility index (Phi) is 4.28. The van der Waals surface area contributed by atoms with Crippen molar-refractivity contribution in [3.63, 3.8) is 0 Å². The molecule has 0 amide bonds. The van der Waals surface area contributed by atoms with Crippen LogP contribution >= 0.6 is 0 Å². The molecule has 1 aromatic heterocycles. The summed E-state index contributed by atoms with van der Waals surface area (Å²) in [4.78, 5) is 12.3. The molecule has 0 aliphatic heterocycles. The molecule has 0 spiro atoms. The van der Waals surface area contributed by atoms with E-state index >= 15 is 0 Å². The van der Waals surface area contributed by atoms with Crippen molar-refractivity contribution in [1.82, 2.24) is 4.57 Å². The standard InChI is InChI=1S/C17H22N2O/c1-4-13-5-7-14(8-6-13)16-10-9-15(18)17(20)19(16)11-12(2)3/h5-10,12H,4,11,18H2,1-3H3. The van der Waals surface area contributed by atoms with Crippen molar-refractivity contribution < 1.29 is 0 Å². The normalized spacial score (nSPS) is 11.0. The van der Waals surface area contributed by atoms with Crippen molar-refractivity contribution in [2.45, 2.75) is 33.7 Å². The van der Waals surface area contributed by atoms with E-state index in [1.165, 1.54) is 5.56 Å². The number of nitrogens with two attached hydrogens (primary N) is 1. The number of hydrogen-bond acceptors (Lipinski definition) is 2. The number of aromatic nitrogens is 1. The number of rotatable bonds is 4. The monoisotopic (exact) mass is 270 g/mol. The number of hydrogen-bond donors (Lipinski definition) is 1. The molecule has 0 aliphatic rings. The molecular formula is C17H22N2O. The zero-order valence-corrected chi connectivity index (χ0v) is 12.4. The van der Waals surface area contributed by atoms with Crippen molar-refractivity contribution in [3.8, 4) is 11.3 Å². The lowest BCUT2D eigenvalue weighted by Gasteiger charge is -2.16. The number of aryl methyl sites for hydroxylation is 1. The highest BCUT2D eigenvalue weighted by molar-refractivity contribution is 5.61. The van der Waals surface area contributed by atoms with Gasteiger partial charge in [-0.3, -0.25) is 4.79 Å². The largest absolute Gasteiger partial charge is 0.394 e. The van der Waals surface area contributed by atoms with Gasteiger partial charge in [-0.05, 0) is 35.6 Å². The average molecular weight is 270 g/mol. The van der Waals surface area contributed by atoms with Gasteiger partial charge in [-0.2, -0.15) is 0 Å². The van der Waals surface area contributed by atoms with E-state index < -0.39 is 0 Å². The van der Waals surface area contributed by atoms with Gasteiger partial charge in [0.1, 0.15) is 0 Å². The Morgan fingerprint density at radius 3 is 2.30 bits per heavy atom. The van der Waals surface area contributed by atoms with E-state index in [9.17, 15) is 4.79 Å². The van der Waals surface area contributed by atoms with Crippen LogP contribution in [0.4, 0.5) is 5.69 Å². The second-order valence-electron chi connectivity index (χ2n) is 5.53. The molecule has 0 saturated heterocycles. The summed E-state index contributed by atoms with van der Waals surface area (Å²) in [5.74, 6) is 0.392. The van der Waals surface area contributed by atoms with Gasteiger partial charge in [0.15, 0.2) is 0 Å². The molecule has 2 aromatic rings. The third-order valence-corrected chi connectivity index (χ3v) is 3.41. The smallest absolute Gasteiger partial charge is 0.274 e. The second-order valence-corrected chi connectivity index (χ2v) is 5.53. The maximum atomic E-state index is 12.3. The molecule has 0 aliphatic carbocycles. The second kappa shape index (κ2) is 5.95. The molecule has 0 radical (unpaired) electrons. The molecule has 1 heterocycles. The summed E-state index contributed by atoms with van der Waals surface area (Å²) in [6.07, 6.45) is 1.01. The van der Waals surface area contributed by atoms with Crippen LogP contribution in [0, 0.1) is 5.92 Å². The quantitative estimate of drug-likeness (QED) is 0.926. The van der Waals surface area contributed by atoms with Gasteiger partial charge in [-0.15, -0.1) is 0 Å². The average Bonchev–Trinajstić information content (AvgIpc) is 2.44. The first-order valence-electron chi connectivity index (χ1n) is 7.11. The third-order valence-electron chi connectivity index (χ3n) is 3.41. The molecule has 0 fully saturated rings. The van der Waals surface area contributed by atoms with Crippen LogP contribution in [0.5, 0.6) is 0 Å². The highest BCUT2D eigenvalue weighted by Gasteiger charge is 2.10. The van der Waals surface area contributed by atoms with Gasteiger partial charge < -0.3 is 10.3 Å². The lowest BCUT2D eigenvalue weighted by atomic mass is 10.1. The van der Waals surface area contributed by atoms with Crippen LogP contribution in [0.3, 0.4) is 0 Å². The lowest BCUT2D eigenvalue weighted by molar-refractivity contribution is 0.516. The number of nitrogen functional groups attached to an aromatic ring is 1. The fourth-order valence-electron chi connectivity index (χ4n) is 2.30. The van der Waals surface area contributed by atoms with Gasteiger partial charge >= 0.3 is 0 Å². The predicted molar refractivity (Wildman–Crippen MR) is 84.8 cm³/mol. The van der Waals surface area contributed by atoms with Crippen LogP contribution in [0.1, 0.15) is 26.3 Å². The van der Waals surface area contributed by atoms with Gasteiger partial charge in [0.05, 0.1) is 11.4 Å². The predicted octanol–water partition coefficient (Wildman–Crippen LogP) is 3.32.